The van der Waals surface area contributed by atoms with E-state index in [2.05, 4.69) is 10.6 Å². The number of amides is 3. The topological polar surface area (TPSA) is 102 Å². The SMILES string of the molecule is O=C(COC(=O)CCC(=O)c1cccs1)NC(=O)NC1CCCC1. The molecule has 0 atom stereocenters. The second-order valence-electron chi connectivity index (χ2n) is 5.56. The van der Waals surface area contributed by atoms with Crippen LogP contribution in [0.5, 0.6) is 0 Å². The van der Waals surface area contributed by atoms with Gasteiger partial charge in [0, 0.05) is 12.5 Å². The Labute approximate surface area is 143 Å². The standard InChI is InChI=1S/C16H20N2O5S/c19-12(13-6-3-9-24-13)7-8-15(21)23-10-14(20)18-16(22)17-11-4-1-2-5-11/h3,6,9,11H,1-2,4-5,7-8,10H2,(H2,17,18,20,22). The highest BCUT2D eigenvalue weighted by Crippen LogP contribution is 2.17. The van der Waals surface area contributed by atoms with Crippen molar-refractivity contribution in [3.63, 3.8) is 0 Å². The van der Waals surface area contributed by atoms with Gasteiger partial charge in [-0.3, -0.25) is 19.7 Å². The van der Waals surface area contributed by atoms with Crippen LogP contribution in [0.3, 0.4) is 0 Å². The van der Waals surface area contributed by atoms with Crippen LogP contribution in [-0.4, -0.2) is 36.3 Å². The Morgan fingerprint density at radius 1 is 1.17 bits per heavy atom. The maximum absolute atomic E-state index is 11.7. The van der Waals surface area contributed by atoms with Gasteiger partial charge in [-0.1, -0.05) is 18.9 Å². The summed E-state index contributed by atoms with van der Waals surface area (Å²) in [6.45, 7) is -0.538. The van der Waals surface area contributed by atoms with E-state index in [1.54, 1.807) is 17.5 Å². The Bertz CT molecular complexity index is 594. The van der Waals surface area contributed by atoms with Gasteiger partial charge < -0.3 is 10.1 Å². The molecule has 1 saturated carbocycles. The molecular formula is C16H20N2O5S. The lowest BCUT2D eigenvalue weighted by Crippen LogP contribution is -2.45. The molecule has 3 amide bonds. The molecule has 0 spiro atoms. The van der Waals surface area contributed by atoms with Gasteiger partial charge >= 0.3 is 12.0 Å². The molecule has 1 fully saturated rings. The molecule has 1 aromatic rings. The second kappa shape index (κ2) is 9.17. The largest absolute Gasteiger partial charge is 0.456 e. The van der Waals surface area contributed by atoms with Crippen molar-refractivity contribution in [2.75, 3.05) is 6.61 Å². The summed E-state index contributed by atoms with van der Waals surface area (Å²) in [5, 5.41) is 6.60. The minimum Gasteiger partial charge on any atom is -0.456 e. The molecule has 7 nitrogen and oxygen atoms in total. The number of nitrogens with one attached hydrogen (secondary N) is 2. The van der Waals surface area contributed by atoms with Crippen LogP contribution in [0, 0.1) is 0 Å². The summed E-state index contributed by atoms with van der Waals surface area (Å²) in [6, 6.07) is 2.98. The van der Waals surface area contributed by atoms with Gasteiger partial charge in [0.25, 0.3) is 5.91 Å². The maximum Gasteiger partial charge on any atom is 0.321 e. The van der Waals surface area contributed by atoms with Gasteiger partial charge in [0.05, 0.1) is 11.3 Å². The molecule has 0 aromatic carbocycles. The van der Waals surface area contributed by atoms with Crippen LogP contribution in [0.4, 0.5) is 4.79 Å². The normalized spacial score (nSPS) is 14.2. The highest BCUT2D eigenvalue weighted by molar-refractivity contribution is 7.12. The number of hydrogen-bond acceptors (Lipinski definition) is 6. The van der Waals surface area contributed by atoms with E-state index in [4.69, 9.17) is 4.74 Å². The molecule has 0 radical (unpaired) electrons. The number of urea groups is 1. The van der Waals surface area contributed by atoms with Crippen LogP contribution in [0.25, 0.3) is 0 Å². The molecule has 8 heteroatoms. The molecule has 1 aliphatic rings. The number of thiophene rings is 1. The number of esters is 1. The van der Waals surface area contributed by atoms with E-state index in [0.29, 0.717) is 4.88 Å². The van der Waals surface area contributed by atoms with Gasteiger partial charge in [0.15, 0.2) is 12.4 Å². The van der Waals surface area contributed by atoms with Crippen LogP contribution in [0.2, 0.25) is 0 Å². The van der Waals surface area contributed by atoms with Crippen LogP contribution in [-0.2, 0) is 14.3 Å². The Morgan fingerprint density at radius 3 is 2.58 bits per heavy atom. The Hall–Kier alpha value is -2.22. The molecule has 0 unspecified atom stereocenters. The van der Waals surface area contributed by atoms with Crippen molar-refractivity contribution in [1.29, 1.82) is 0 Å². The first-order chi connectivity index (χ1) is 11.5. The molecule has 1 aromatic heterocycles. The van der Waals surface area contributed by atoms with E-state index in [0.717, 1.165) is 25.7 Å². The van der Waals surface area contributed by atoms with Crippen molar-refractivity contribution in [3.05, 3.63) is 22.4 Å². The van der Waals surface area contributed by atoms with Crippen molar-refractivity contribution < 1.29 is 23.9 Å². The third kappa shape index (κ3) is 6.11. The van der Waals surface area contributed by atoms with Crippen LogP contribution in [0.1, 0.15) is 48.2 Å². The summed E-state index contributed by atoms with van der Waals surface area (Å²) < 4.78 is 4.76. The van der Waals surface area contributed by atoms with Crippen molar-refractivity contribution in [3.8, 4) is 0 Å². The molecule has 2 rings (SSSR count). The fraction of sp³-hybridized carbons (Fsp3) is 0.500. The monoisotopic (exact) mass is 352 g/mol. The van der Waals surface area contributed by atoms with Crippen LogP contribution < -0.4 is 10.6 Å². The zero-order valence-corrected chi connectivity index (χ0v) is 14.0. The zero-order valence-electron chi connectivity index (χ0n) is 13.2. The molecule has 24 heavy (non-hydrogen) atoms. The van der Waals surface area contributed by atoms with Crippen molar-refractivity contribution in [2.24, 2.45) is 0 Å². The number of Topliss-reactive ketones (excluding diaryl/α,β-unsaturated/α-hetero) is 1. The number of ether oxygens (including phenoxy) is 1. The number of imide groups is 1. The fourth-order valence-corrected chi connectivity index (χ4v) is 3.14. The van der Waals surface area contributed by atoms with Gasteiger partial charge in [0.1, 0.15) is 0 Å². The maximum atomic E-state index is 11.7. The Morgan fingerprint density at radius 2 is 1.92 bits per heavy atom. The lowest BCUT2D eigenvalue weighted by Gasteiger charge is -2.12. The highest BCUT2D eigenvalue weighted by atomic mass is 32.1. The smallest absolute Gasteiger partial charge is 0.321 e. The molecule has 130 valence electrons. The summed E-state index contributed by atoms with van der Waals surface area (Å²) in [6.07, 6.45) is 3.90. The highest BCUT2D eigenvalue weighted by Gasteiger charge is 2.18. The van der Waals surface area contributed by atoms with Gasteiger partial charge in [-0.15, -0.1) is 11.3 Å². The van der Waals surface area contributed by atoms with E-state index >= 15 is 0 Å². The summed E-state index contributed by atoms with van der Waals surface area (Å²) in [5.41, 5.74) is 0. The molecule has 0 bridgehead atoms. The van der Waals surface area contributed by atoms with Crippen LogP contribution in [0.15, 0.2) is 17.5 Å². The van der Waals surface area contributed by atoms with E-state index in [1.165, 1.54) is 11.3 Å². The lowest BCUT2D eigenvalue weighted by atomic mass is 10.2. The van der Waals surface area contributed by atoms with E-state index in [9.17, 15) is 19.2 Å². The lowest BCUT2D eigenvalue weighted by molar-refractivity contribution is -0.148. The van der Waals surface area contributed by atoms with Gasteiger partial charge in [0.2, 0.25) is 0 Å². The minimum absolute atomic E-state index is 0.0309. The quantitative estimate of drug-likeness (QED) is 0.577. The number of carbonyl (C=O) groups is 4. The molecular weight excluding hydrogens is 332 g/mol. The number of carbonyl (C=O) groups excluding carboxylic acids is 4. The molecule has 2 N–H and O–H groups in total. The second-order valence-corrected chi connectivity index (χ2v) is 6.51. The molecule has 1 aliphatic carbocycles. The summed E-state index contributed by atoms with van der Waals surface area (Å²) in [7, 11) is 0. The summed E-state index contributed by atoms with van der Waals surface area (Å²) in [5.74, 6) is -1.47. The predicted octanol–water partition coefficient (Wildman–Crippen LogP) is 2.02. The fourth-order valence-electron chi connectivity index (χ4n) is 2.45. The van der Waals surface area contributed by atoms with Crippen molar-refractivity contribution in [1.82, 2.24) is 10.6 Å². The first-order valence-corrected chi connectivity index (χ1v) is 8.75. The average molecular weight is 352 g/mol. The number of rotatable bonds is 7. The van der Waals surface area contributed by atoms with Crippen LogP contribution >= 0.6 is 11.3 Å². The van der Waals surface area contributed by atoms with Gasteiger partial charge in [-0.2, -0.15) is 0 Å². The molecule has 1 heterocycles. The van der Waals surface area contributed by atoms with Gasteiger partial charge in [-0.05, 0) is 24.3 Å². The Kier molecular flexibility index (Phi) is 6.92. The van der Waals surface area contributed by atoms with Crippen molar-refractivity contribution in [2.45, 2.75) is 44.6 Å². The van der Waals surface area contributed by atoms with E-state index in [1.807, 2.05) is 0 Å². The van der Waals surface area contributed by atoms with Crippen molar-refractivity contribution >= 4 is 35.0 Å². The summed E-state index contributed by atoms with van der Waals surface area (Å²) in [4.78, 5) is 47.0. The van der Waals surface area contributed by atoms with Gasteiger partial charge in [-0.25, -0.2) is 4.79 Å². The third-order valence-corrected chi connectivity index (χ3v) is 4.57. The molecule has 0 saturated heterocycles. The summed E-state index contributed by atoms with van der Waals surface area (Å²) >= 11 is 1.31. The predicted molar refractivity (Wildman–Crippen MR) is 87.8 cm³/mol. The molecule has 0 aliphatic heterocycles. The Balaban J connectivity index is 1.59. The first kappa shape index (κ1) is 18.1. The van der Waals surface area contributed by atoms with E-state index < -0.39 is 24.5 Å². The zero-order chi connectivity index (χ0) is 17.4. The number of hydrogen-bond donors (Lipinski definition) is 2. The third-order valence-electron chi connectivity index (χ3n) is 3.66. The minimum atomic E-state index is -0.691. The van der Waals surface area contributed by atoms with E-state index in [-0.39, 0.29) is 24.7 Å². The number of ketones is 1. The first-order valence-electron chi connectivity index (χ1n) is 7.87. The average Bonchev–Trinajstić information content (AvgIpc) is 3.23.